The maximum Gasteiger partial charge on any atom is 0.407 e. The predicted octanol–water partition coefficient (Wildman–Crippen LogP) is 5.38. The molecule has 0 unspecified atom stereocenters. The Hall–Kier alpha value is -2.97. The minimum atomic E-state index is -0.530. The summed E-state index contributed by atoms with van der Waals surface area (Å²) >= 11 is 6.12. The number of carbonyl (C=O) groups excluding carboxylic acids is 1. The summed E-state index contributed by atoms with van der Waals surface area (Å²) in [7, 11) is 0. The van der Waals surface area contributed by atoms with Crippen LogP contribution < -0.4 is 5.32 Å². The van der Waals surface area contributed by atoms with E-state index in [1.54, 1.807) is 6.07 Å². The van der Waals surface area contributed by atoms with Crippen molar-refractivity contribution in [3.8, 4) is 17.2 Å². The first-order valence-corrected chi connectivity index (χ1v) is 8.92. The normalized spacial score (nSPS) is 11.2. The molecule has 1 heterocycles. The van der Waals surface area contributed by atoms with Crippen LogP contribution in [0.5, 0.6) is 0 Å². The molecule has 6 heteroatoms. The van der Waals surface area contributed by atoms with Gasteiger partial charge in [0.05, 0.1) is 0 Å². The first kappa shape index (κ1) is 18.8. The quantitative estimate of drug-likeness (QED) is 0.638. The molecule has 138 valence electrons. The number of aromatic nitrogens is 1. The summed E-state index contributed by atoms with van der Waals surface area (Å²) in [6.45, 7) is 5.82. The molecule has 1 aromatic heterocycles. The van der Waals surface area contributed by atoms with Crippen molar-refractivity contribution in [1.82, 2.24) is 10.3 Å². The maximum atomic E-state index is 11.8. The fourth-order valence-electron chi connectivity index (χ4n) is 2.83. The number of halogens is 1. The Morgan fingerprint density at radius 2 is 1.93 bits per heavy atom. The zero-order valence-electron chi connectivity index (χ0n) is 15.4. The van der Waals surface area contributed by atoms with E-state index in [9.17, 15) is 10.1 Å². The molecule has 3 rings (SSSR count). The fourth-order valence-corrected chi connectivity index (χ4v) is 3.00. The number of alkyl carbamates (subject to hydrolysis) is 1. The highest BCUT2D eigenvalue weighted by Crippen LogP contribution is 2.33. The second-order valence-corrected chi connectivity index (χ2v) is 7.67. The molecule has 0 aliphatic heterocycles. The van der Waals surface area contributed by atoms with E-state index in [2.05, 4.69) is 16.4 Å². The van der Waals surface area contributed by atoms with Crippen molar-refractivity contribution in [3.63, 3.8) is 0 Å². The molecule has 0 atom stereocenters. The van der Waals surface area contributed by atoms with Crippen LogP contribution in [0.1, 0.15) is 32.0 Å². The van der Waals surface area contributed by atoms with E-state index in [0.29, 0.717) is 17.3 Å². The molecular formula is C21H20ClN3O2. The number of carbonyl (C=O) groups is 1. The Morgan fingerprint density at radius 1 is 1.22 bits per heavy atom. The van der Waals surface area contributed by atoms with Crippen LogP contribution in [0, 0.1) is 11.3 Å². The molecular weight excluding hydrogens is 362 g/mol. The maximum absolute atomic E-state index is 11.8. The third-order valence-corrected chi connectivity index (χ3v) is 4.19. The van der Waals surface area contributed by atoms with Crippen molar-refractivity contribution >= 4 is 28.6 Å². The SMILES string of the molecule is CC(C)(C)OC(=O)NCc1ccc(-c2c(C#N)[nH]c3ccc(Cl)cc23)cc1. The summed E-state index contributed by atoms with van der Waals surface area (Å²) in [5.74, 6) is 0. The van der Waals surface area contributed by atoms with Crippen molar-refractivity contribution in [2.24, 2.45) is 0 Å². The summed E-state index contributed by atoms with van der Waals surface area (Å²) in [5, 5.41) is 13.7. The lowest BCUT2D eigenvalue weighted by atomic mass is 10.0. The van der Waals surface area contributed by atoms with Crippen LogP contribution in [0.2, 0.25) is 5.02 Å². The van der Waals surface area contributed by atoms with Crippen molar-refractivity contribution in [1.29, 1.82) is 5.26 Å². The number of rotatable bonds is 3. The third kappa shape index (κ3) is 4.42. The third-order valence-electron chi connectivity index (χ3n) is 3.95. The van der Waals surface area contributed by atoms with Crippen LogP contribution in [-0.2, 0) is 11.3 Å². The van der Waals surface area contributed by atoms with Crippen LogP contribution in [0.3, 0.4) is 0 Å². The number of nitrogens with zero attached hydrogens (tertiary/aromatic N) is 1. The molecule has 2 aromatic carbocycles. The van der Waals surface area contributed by atoms with Gasteiger partial charge in [-0.2, -0.15) is 5.26 Å². The summed E-state index contributed by atoms with van der Waals surface area (Å²) in [5.41, 5.74) is 3.48. The van der Waals surface area contributed by atoms with Gasteiger partial charge in [-0.1, -0.05) is 35.9 Å². The molecule has 27 heavy (non-hydrogen) atoms. The highest BCUT2D eigenvalue weighted by atomic mass is 35.5. The molecule has 0 aliphatic rings. The Bertz CT molecular complexity index is 1020. The van der Waals surface area contributed by atoms with Crippen LogP contribution >= 0.6 is 11.6 Å². The number of amides is 1. The van der Waals surface area contributed by atoms with Crippen molar-refractivity contribution in [2.75, 3.05) is 0 Å². The number of hydrogen-bond acceptors (Lipinski definition) is 3. The van der Waals surface area contributed by atoms with Crippen LogP contribution in [0.15, 0.2) is 42.5 Å². The van der Waals surface area contributed by atoms with Crippen LogP contribution in [-0.4, -0.2) is 16.7 Å². The van der Waals surface area contributed by atoms with Gasteiger partial charge in [-0.05, 0) is 50.1 Å². The van der Waals surface area contributed by atoms with Crippen molar-refractivity contribution in [2.45, 2.75) is 32.9 Å². The average molecular weight is 382 g/mol. The molecule has 2 N–H and O–H groups in total. The van der Waals surface area contributed by atoms with Gasteiger partial charge in [0.25, 0.3) is 0 Å². The van der Waals surface area contributed by atoms with Gasteiger partial charge in [-0.25, -0.2) is 4.79 Å². The summed E-state index contributed by atoms with van der Waals surface area (Å²) in [4.78, 5) is 14.9. The number of hydrogen-bond donors (Lipinski definition) is 2. The van der Waals surface area contributed by atoms with Crippen LogP contribution in [0.4, 0.5) is 4.79 Å². The first-order valence-electron chi connectivity index (χ1n) is 8.54. The summed E-state index contributed by atoms with van der Waals surface area (Å²) < 4.78 is 5.23. The second kappa shape index (κ2) is 7.34. The lowest BCUT2D eigenvalue weighted by Crippen LogP contribution is -2.32. The van der Waals surface area contributed by atoms with Gasteiger partial charge < -0.3 is 15.0 Å². The van der Waals surface area contributed by atoms with E-state index in [0.717, 1.165) is 27.6 Å². The van der Waals surface area contributed by atoms with E-state index >= 15 is 0 Å². The molecule has 0 bridgehead atoms. The smallest absolute Gasteiger partial charge is 0.407 e. The molecule has 0 aliphatic carbocycles. The average Bonchev–Trinajstić information content (AvgIpc) is 2.96. The van der Waals surface area contributed by atoms with Gasteiger partial charge in [0.2, 0.25) is 0 Å². The number of ether oxygens (including phenoxy) is 1. The number of nitriles is 1. The molecule has 1 amide bonds. The molecule has 5 nitrogen and oxygen atoms in total. The lowest BCUT2D eigenvalue weighted by molar-refractivity contribution is 0.0523. The number of H-pyrrole nitrogens is 1. The van der Waals surface area contributed by atoms with Gasteiger partial charge >= 0.3 is 6.09 Å². The van der Waals surface area contributed by atoms with Gasteiger partial charge in [0.1, 0.15) is 17.4 Å². The van der Waals surface area contributed by atoms with Gasteiger partial charge in [0, 0.05) is 28.0 Å². The Morgan fingerprint density at radius 3 is 2.56 bits per heavy atom. The highest BCUT2D eigenvalue weighted by molar-refractivity contribution is 6.31. The summed E-state index contributed by atoms with van der Waals surface area (Å²) in [6.07, 6.45) is -0.454. The Kier molecular flexibility index (Phi) is 5.11. The number of aromatic amines is 1. The Labute approximate surface area is 162 Å². The lowest BCUT2D eigenvalue weighted by Gasteiger charge is -2.19. The largest absolute Gasteiger partial charge is 0.444 e. The zero-order valence-corrected chi connectivity index (χ0v) is 16.1. The molecule has 3 aromatic rings. The molecule has 0 saturated heterocycles. The van der Waals surface area contributed by atoms with Crippen molar-refractivity contribution in [3.05, 3.63) is 58.7 Å². The molecule has 0 radical (unpaired) electrons. The van der Waals surface area contributed by atoms with E-state index in [4.69, 9.17) is 16.3 Å². The van der Waals surface area contributed by atoms with E-state index < -0.39 is 11.7 Å². The molecule has 0 fully saturated rings. The Balaban J connectivity index is 1.82. The minimum absolute atomic E-state index is 0.361. The summed E-state index contributed by atoms with van der Waals surface area (Å²) in [6, 6.07) is 15.4. The van der Waals surface area contributed by atoms with Gasteiger partial charge in [0.15, 0.2) is 0 Å². The van der Waals surface area contributed by atoms with Crippen LogP contribution in [0.25, 0.3) is 22.0 Å². The highest BCUT2D eigenvalue weighted by Gasteiger charge is 2.16. The number of fused-ring (bicyclic) bond motifs is 1. The fraction of sp³-hybridized carbons (Fsp3) is 0.238. The van der Waals surface area contributed by atoms with E-state index in [1.807, 2.05) is 57.2 Å². The molecule has 0 spiro atoms. The zero-order chi connectivity index (χ0) is 19.6. The standard InChI is InChI=1S/C21H20ClN3O2/c1-21(2,3)27-20(26)24-12-13-4-6-14(7-5-13)19-16-10-15(22)8-9-17(16)25-18(19)11-23/h4-10,25H,12H2,1-3H3,(H,24,26). The first-order chi connectivity index (χ1) is 12.8. The van der Waals surface area contributed by atoms with Gasteiger partial charge in [-0.3, -0.25) is 0 Å². The minimum Gasteiger partial charge on any atom is -0.444 e. The van der Waals surface area contributed by atoms with E-state index in [1.165, 1.54) is 0 Å². The topological polar surface area (TPSA) is 77.9 Å². The number of nitrogens with one attached hydrogen (secondary N) is 2. The van der Waals surface area contributed by atoms with Gasteiger partial charge in [-0.15, -0.1) is 0 Å². The predicted molar refractivity (Wildman–Crippen MR) is 107 cm³/mol. The monoisotopic (exact) mass is 381 g/mol. The molecule has 0 saturated carbocycles. The van der Waals surface area contributed by atoms with E-state index in [-0.39, 0.29) is 0 Å². The second-order valence-electron chi connectivity index (χ2n) is 7.23. The van der Waals surface area contributed by atoms with Crippen molar-refractivity contribution < 1.29 is 9.53 Å². The number of benzene rings is 2.